The molecule has 0 bridgehead atoms. The summed E-state index contributed by atoms with van der Waals surface area (Å²) in [6.45, 7) is 0.231. The molecule has 0 saturated heterocycles. The predicted molar refractivity (Wildman–Crippen MR) is 117 cm³/mol. The Balaban J connectivity index is 1.68. The number of nitrogens with one attached hydrogen (secondary N) is 2. The van der Waals surface area contributed by atoms with Gasteiger partial charge in [0.15, 0.2) is 0 Å². The van der Waals surface area contributed by atoms with E-state index in [2.05, 4.69) is 15.3 Å². The Hall–Kier alpha value is -3.32. The van der Waals surface area contributed by atoms with E-state index in [1.54, 1.807) is 24.5 Å². The molecular formula is C24H19ClF3N3O. The molecule has 4 nitrogen and oxygen atoms in total. The zero-order chi connectivity index (χ0) is 22.7. The van der Waals surface area contributed by atoms with Gasteiger partial charge in [-0.15, -0.1) is 0 Å². The highest BCUT2D eigenvalue weighted by Crippen LogP contribution is 2.39. The lowest BCUT2D eigenvalue weighted by atomic mass is 9.87. The third kappa shape index (κ3) is 4.78. The van der Waals surface area contributed by atoms with E-state index in [-0.39, 0.29) is 23.9 Å². The highest BCUT2D eigenvalue weighted by Gasteiger charge is 2.34. The van der Waals surface area contributed by atoms with Crippen molar-refractivity contribution in [3.8, 4) is 0 Å². The molecule has 2 aromatic heterocycles. The number of aromatic amines is 1. The monoisotopic (exact) mass is 457 g/mol. The topological polar surface area (TPSA) is 57.8 Å². The van der Waals surface area contributed by atoms with Crippen molar-refractivity contribution >= 4 is 28.4 Å². The lowest BCUT2D eigenvalue weighted by molar-refractivity contribution is -0.137. The number of carbonyl (C=O) groups is 1. The highest BCUT2D eigenvalue weighted by molar-refractivity contribution is 6.31. The largest absolute Gasteiger partial charge is 0.417 e. The maximum absolute atomic E-state index is 13.5. The molecular weight excluding hydrogens is 439 g/mol. The molecule has 8 heteroatoms. The number of aromatic nitrogens is 2. The van der Waals surface area contributed by atoms with E-state index in [0.29, 0.717) is 11.3 Å². The summed E-state index contributed by atoms with van der Waals surface area (Å²) in [5.41, 5.74) is 1.71. The summed E-state index contributed by atoms with van der Waals surface area (Å²) in [6, 6.07) is 16.6. The molecule has 1 atom stereocenters. The molecule has 0 fully saturated rings. The van der Waals surface area contributed by atoms with Crippen molar-refractivity contribution in [2.45, 2.75) is 25.1 Å². The van der Waals surface area contributed by atoms with Gasteiger partial charge in [0.1, 0.15) is 0 Å². The second-order valence-corrected chi connectivity index (χ2v) is 7.79. The minimum absolute atomic E-state index is 0.0341. The van der Waals surface area contributed by atoms with Crippen LogP contribution < -0.4 is 5.32 Å². The zero-order valence-electron chi connectivity index (χ0n) is 16.8. The van der Waals surface area contributed by atoms with Gasteiger partial charge >= 0.3 is 6.18 Å². The van der Waals surface area contributed by atoms with E-state index in [4.69, 9.17) is 11.6 Å². The first-order valence-electron chi connectivity index (χ1n) is 9.92. The molecule has 0 radical (unpaired) electrons. The van der Waals surface area contributed by atoms with Gasteiger partial charge in [-0.3, -0.25) is 9.78 Å². The van der Waals surface area contributed by atoms with Crippen LogP contribution in [0.5, 0.6) is 0 Å². The van der Waals surface area contributed by atoms with Gasteiger partial charge in [-0.05, 0) is 41.5 Å². The third-order valence-corrected chi connectivity index (χ3v) is 5.61. The summed E-state index contributed by atoms with van der Waals surface area (Å²) in [4.78, 5) is 20.1. The number of H-pyrrole nitrogens is 1. The number of hydrogen-bond donors (Lipinski definition) is 2. The lowest BCUT2D eigenvalue weighted by Gasteiger charge is -2.19. The van der Waals surface area contributed by atoms with Crippen molar-refractivity contribution in [1.29, 1.82) is 0 Å². The average molecular weight is 458 g/mol. The second kappa shape index (κ2) is 9.04. The SMILES string of the molecule is O=C(CC(c1ccc(Cl)c(C(F)(F)F)c1)c1c[nH]c2ccccc12)NCc1ccccn1. The van der Waals surface area contributed by atoms with Gasteiger partial charge in [-0.1, -0.05) is 41.9 Å². The second-order valence-electron chi connectivity index (χ2n) is 7.38. The number of pyridine rings is 1. The van der Waals surface area contributed by atoms with E-state index >= 15 is 0 Å². The number of para-hydroxylation sites is 1. The van der Waals surface area contributed by atoms with Gasteiger partial charge in [0.25, 0.3) is 0 Å². The Labute approximate surface area is 187 Å². The summed E-state index contributed by atoms with van der Waals surface area (Å²) in [5.74, 6) is -0.900. The molecule has 0 aliphatic heterocycles. The van der Waals surface area contributed by atoms with Crippen LogP contribution in [0.15, 0.2) is 73.1 Å². The maximum Gasteiger partial charge on any atom is 0.417 e. The van der Waals surface area contributed by atoms with Crippen LogP contribution in [-0.4, -0.2) is 15.9 Å². The lowest BCUT2D eigenvalue weighted by Crippen LogP contribution is -2.25. The van der Waals surface area contributed by atoms with E-state index < -0.39 is 17.7 Å². The molecule has 4 rings (SSSR count). The molecule has 0 aliphatic carbocycles. The molecule has 2 aromatic carbocycles. The number of alkyl halides is 3. The number of halogens is 4. The molecule has 1 unspecified atom stereocenters. The number of amides is 1. The van der Waals surface area contributed by atoms with Gasteiger partial charge in [-0.2, -0.15) is 13.2 Å². The first-order valence-corrected chi connectivity index (χ1v) is 10.3. The Morgan fingerprint density at radius 3 is 2.62 bits per heavy atom. The Bertz CT molecular complexity index is 1240. The number of hydrogen-bond acceptors (Lipinski definition) is 2. The van der Waals surface area contributed by atoms with E-state index in [1.165, 1.54) is 12.1 Å². The number of carbonyl (C=O) groups excluding carboxylic acids is 1. The quantitative estimate of drug-likeness (QED) is 0.369. The minimum atomic E-state index is -4.60. The number of fused-ring (bicyclic) bond motifs is 1. The van der Waals surface area contributed by atoms with Crippen molar-refractivity contribution in [2.24, 2.45) is 0 Å². The fourth-order valence-electron chi connectivity index (χ4n) is 3.72. The van der Waals surface area contributed by atoms with Crippen molar-refractivity contribution in [3.63, 3.8) is 0 Å². The van der Waals surface area contributed by atoms with E-state index in [1.807, 2.05) is 30.3 Å². The fourth-order valence-corrected chi connectivity index (χ4v) is 3.94. The molecule has 2 heterocycles. The molecule has 0 aliphatic rings. The van der Waals surface area contributed by atoms with Gasteiger partial charge in [0.2, 0.25) is 5.91 Å². The summed E-state index contributed by atoms with van der Waals surface area (Å²) < 4.78 is 40.4. The predicted octanol–water partition coefficient (Wildman–Crippen LogP) is 6.07. The fraction of sp³-hybridized carbons (Fsp3) is 0.167. The van der Waals surface area contributed by atoms with E-state index in [0.717, 1.165) is 22.5 Å². The Morgan fingerprint density at radius 2 is 1.88 bits per heavy atom. The molecule has 1 amide bonds. The van der Waals surface area contributed by atoms with Gasteiger partial charge in [-0.25, -0.2) is 0 Å². The van der Waals surface area contributed by atoms with Crippen LogP contribution >= 0.6 is 11.6 Å². The van der Waals surface area contributed by atoms with Gasteiger partial charge in [0, 0.05) is 35.6 Å². The summed E-state index contributed by atoms with van der Waals surface area (Å²) in [5, 5.41) is 3.28. The maximum atomic E-state index is 13.5. The molecule has 4 aromatic rings. The van der Waals surface area contributed by atoms with E-state index in [9.17, 15) is 18.0 Å². The van der Waals surface area contributed by atoms with Crippen molar-refractivity contribution < 1.29 is 18.0 Å². The summed E-state index contributed by atoms with van der Waals surface area (Å²) >= 11 is 5.82. The van der Waals surface area contributed by atoms with Crippen molar-refractivity contribution in [2.75, 3.05) is 0 Å². The number of nitrogens with zero attached hydrogens (tertiary/aromatic N) is 1. The number of rotatable bonds is 6. The Morgan fingerprint density at radius 1 is 1.09 bits per heavy atom. The highest BCUT2D eigenvalue weighted by atomic mass is 35.5. The number of benzene rings is 2. The zero-order valence-corrected chi connectivity index (χ0v) is 17.5. The summed E-state index contributed by atoms with van der Waals surface area (Å²) in [6.07, 6.45) is -1.27. The summed E-state index contributed by atoms with van der Waals surface area (Å²) in [7, 11) is 0. The standard InChI is InChI=1S/C24H19ClF3N3O/c25-21-9-8-15(11-20(21)24(26,27)28)18(19-14-30-22-7-2-1-6-17(19)22)12-23(32)31-13-16-5-3-4-10-29-16/h1-11,14,18,30H,12-13H2,(H,31,32). The third-order valence-electron chi connectivity index (χ3n) is 5.28. The van der Waals surface area contributed by atoms with Crippen LogP contribution in [0.2, 0.25) is 5.02 Å². The van der Waals surface area contributed by atoms with Crippen LogP contribution in [-0.2, 0) is 17.5 Å². The van der Waals surface area contributed by atoms with Crippen molar-refractivity contribution in [1.82, 2.24) is 15.3 Å². The van der Waals surface area contributed by atoms with Gasteiger partial charge < -0.3 is 10.3 Å². The Kier molecular flexibility index (Phi) is 6.19. The molecule has 2 N–H and O–H groups in total. The first kappa shape index (κ1) is 21.9. The normalized spacial score (nSPS) is 12.6. The smallest absolute Gasteiger partial charge is 0.361 e. The molecule has 0 saturated carbocycles. The van der Waals surface area contributed by atoms with Crippen molar-refractivity contribution in [3.05, 3.63) is 100 Å². The molecule has 164 valence electrons. The first-order chi connectivity index (χ1) is 15.3. The minimum Gasteiger partial charge on any atom is -0.361 e. The van der Waals surface area contributed by atoms with Crippen LogP contribution in [0.4, 0.5) is 13.2 Å². The van der Waals surface area contributed by atoms with Crippen LogP contribution in [0.25, 0.3) is 10.9 Å². The molecule has 0 spiro atoms. The van der Waals surface area contributed by atoms with Gasteiger partial charge in [0.05, 0.1) is 22.8 Å². The van der Waals surface area contributed by atoms with Crippen LogP contribution in [0.1, 0.15) is 34.7 Å². The van der Waals surface area contributed by atoms with Crippen LogP contribution in [0, 0.1) is 0 Å². The van der Waals surface area contributed by atoms with Crippen LogP contribution in [0.3, 0.4) is 0 Å². The average Bonchev–Trinajstić information content (AvgIpc) is 3.20. The molecule has 32 heavy (non-hydrogen) atoms.